The van der Waals surface area contributed by atoms with Crippen LogP contribution in [0.4, 0.5) is 0 Å². The fourth-order valence-electron chi connectivity index (χ4n) is 2.46. The van der Waals surface area contributed by atoms with E-state index in [0.717, 1.165) is 25.7 Å². The number of sulfonamides is 1. The fourth-order valence-corrected chi connectivity index (χ4v) is 4.10. The second-order valence-electron chi connectivity index (χ2n) is 4.93. The van der Waals surface area contributed by atoms with Crippen molar-refractivity contribution in [3.8, 4) is 0 Å². The van der Waals surface area contributed by atoms with Crippen molar-refractivity contribution < 1.29 is 13.6 Å². The summed E-state index contributed by atoms with van der Waals surface area (Å²) in [6.07, 6.45) is 6.31. The third kappa shape index (κ3) is 2.93. The van der Waals surface area contributed by atoms with Crippen LogP contribution in [0.2, 0.25) is 0 Å². The summed E-state index contributed by atoms with van der Waals surface area (Å²) in [5, 5.41) is 15.5. The largest absolute Gasteiger partial charge is 0.409 e. The van der Waals surface area contributed by atoms with Crippen LogP contribution < -0.4 is 5.73 Å². The molecule has 0 amide bonds. The first-order valence-corrected chi connectivity index (χ1v) is 7.86. The lowest BCUT2D eigenvalue weighted by Gasteiger charge is -2.26. The third-order valence-corrected chi connectivity index (χ3v) is 5.32. The van der Waals surface area contributed by atoms with Crippen LogP contribution in [0.1, 0.15) is 25.7 Å². The first-order valence-electron chi connectivity index (χ1n) is 6.42. The van der Waals surface area contributed by atoms with Crippen LogP contribution in [0.25, 0.3) is 0 Å². The Bertz CT molecular complexity index is 589. The summed E-state index contributed by atoms with van der Waals surface area (Å²) >= 11 is 0. The third-order valence-electron chi connectivity index (χ3n) is 3.47. The monoisotopic (exact) mass is 301 g/mol. The molecule has 1 aliphatic carbocycles. The zero-order valence-corrected chi connectivity index (χ0v) is 12.1. The highest BCUT2D eigenvalue weighted by Crippen LogP contribution is 2.28. The van der Waals surface area contributed by atoms with Crippen LogP contribution >= 0.6 is 0 Å². The molecular formula is C11H19N5O3S. The number of rotatable bonds is 5. The Balaban J connectivity index is 2.34. The minimum Gasteiger partial charge on any atom is -0.409 e. The van der Waals surface area contributed by atoms with Gasteiger partial charge in [0.25, 0.3) is 0 Å². The average molecular weight is 301 g/mol. The normalized spacial score (nSPS) is 18.0. The number of aryl methyl sites for hydroxylation is 1. The molecule has 1 aliphatic rings. The molecule has 0 aliphatic heterocycles. The number of oxime groups is 1. The van der Waals surface area contributed by atoms with Crippen LogP contribution in [0.5, 0.6) is 0 Å². The van der Waals surface area contributed by atoms with Gasteiger partial charge in [-0.1, -0.05) is 18.0 Å². The molecule has 0 aromatic carbocycles. The predicted molar refractivity (Wildman–Crippen MR) is 72.8 cm³/mol. The van der Waals surface area contributed by atoms with Gasteiger partial charge < -0.3 is 10.9 Å². The second kappa shape index (κ2) is 5.80. The molecule has 3 N–H and O–H groups in total. The molecule has 2 rings (SSSR count). The van der Waals surface area contributed by atoms with E-state index in [1.165, 1.54) is 21.4 Å². The lowest BCUT2D eigenvalue weighted by atomic mass is 10.2. The van der Waals surface area contributed by atoms with Gasteiger partial charge in [-0.2, -0.15) is 9.40 Å². The number of hydrogen-bond donors (Lipinski definition) is 2. The van der Waals surface area contributed by atoms with Crippen molar-refractivity contribution in [1.82, 2.24) is 14.1 Å². The number of nitrogens with two attached hydrogens (primary N) is 1. The van der Waals surface area contributed by atoms with Gasteiger partial charge in [0.15, 0.2) is 5.84 Å². The highest BCUT2D eigenvalue weighted by Gasteiger charge is 2.34. The van der Waals surface area contributed by atoms with E-state index < -0.39 is 10.0 Å². The molecule has 112 valence electrons. The van der Waals surface area contributed by atoms with Gasteiger partial charge in [0.1, 0.15) is 4.90 Å². The van der Waals surface area contributed by atoms with Crippen molar-refractivity contribution in [2.24, 2.45) is 17.9 Å². The van der Waals surface area contributed by atoms with Crippen LogP contribution in [0.3, 0.4) is 0 Å². The molecule has 0 saturated heterocycles. The fraction of sp³-hybridized carbons (Fsp3) is 0.636. The maximum atomic E-state index is 12.7. The number of aromatic nitrogens is 2. The van der Waals surface area contributed by atoms with E-state index in [2.05, 4.69) is 10.3 Å². The molecule has 0 radical (unpaired) electrons. The van der Waals surface area contributed by atoms with Gasteiger partial charge in [0, 0.05) is 19.3 Å². The molecule has 1 heterocycles. The van der Waals surface area contributed by atoms with Gasteiger partial charge in [-0.15, -0.1) is 0 Å². The van der Waals surface area contributed by atoms with Crippen molar-refractivity contribution in [3.05, 3.63) is 12.4 Å². The van der Waals surface area contributed by atoms with Crippen molar-refractivity contribution in [3.63, 3.8) is 0 Å². The van der Waals surface area contributed by atoms with Crippen LogP contribution in [0, 0.1) is 0 Å². The number of nitrogens with zero attached hydrogens (tertiary/aromatic N) is 4. The van der Waals surface area contributed by atoms with Gasteiger partial charge in [0.2, 0.25) is 10.0 Å². The molecule has 0 unspecified atom stereocenters. The van der Waals surface area contributed by atoms with Crippen molar-refractivity contribution in [1.29, 1.82) is 0 Å². The highest BCUT2D eigenvalue weighted by molar-refractivity contribution is 7.89. The Labute approximate surface area is 117 Å². The zero-order chi connectivity index (χ0) is 14.8. The summed E-state index contributed by atoms with van der Waals surface area (Å²) in [5.41, 5.74) is 5.49. The van der Waals surface area contributed by atoms with Gasteiger partial charge in [-0.05, 0) is 12.8 Å². The van der Waals surface area contributed by atoms with E-state index in [9.17, 15) is 8.42 Å². The molecule has 1 aromatic rings. The molecular weight excluding hydrogens is 282 g/mol. The first-order chi connectivity index (χ1) is 9.45. The Hall–Kier alpha value is -1.61. The summed E-state index contributed by atoms with van der Waals surface area (Å²) in [7, 11) is -2.04. The topological polar surface area (TPSA) is 114 Å². The van der Waals surface area contributed by atoms with Crippen molar-refractivity contribution in [2.45, 2.75) is 36.6 Å². The summed E-state index contributed by atoms with van der Waals surface area (Å²) in [6.45, 7) is -0.113. The SMILES string of the molecule is Cn1cc(S(=O)(=O)N(CC(N)=NO)C2CCCC2)cn1. The van der Waals surface area contributed by atoms with Crippen LogP contribution in [0.15, 0.2) is 22.4 Å². The van der Waals surface area contributed by atoms with Crippen molar-refractivity contribution in [2.75, 3.05) is 6.54 Å². The predicted octanol–water partition coefficient (Wildman–Crippen LogP) is 0.0998. The van der Waals surface area contributed by atoms with E-state index in [4.69, 9.17) is 10.9 Å². The molecule has 20 heavy (non-hydrogen) atoms. The van der Waals surface area contributed by atoms with E-state index in [1.54, 1.807) is 7.05 Å². The summed E-state index contributed by atoms with van der Waals surface area (Å²) < 4.78 is 28.1. The quantitative estimate of drug-likeness (QED) is 0.346. The van der Waals surface area contributed by atoms with E-state index in [-0.39, 0.29) is 23.3 Å². The van der Waals surface area contributed by atoms with Gasteiger partial charge >= 0.3 is 0 Å². The zero-order valence-electron chi connectivity index (χ0n) is 11.3. The maximum absolute atomic E-state index is 12.7. The molecule has 9 heteroatoms. The van der Waals surface area contributed by atoms with Crippen LogP contribution in [-0.2, 0) is 17.1 Å². The molecule has 8 nitrogen and oxygen atoms in total. The maximum Gasteiger partial charge on any atom is 0.246 e. The molecule has 1 aromatic heterocycles. The van der Waals surface area contributed by atoms with Gasteiger partial charge in [-0.3, -0.25) is 4.68 Å². The Morgan fingerprint density at radius 2 is 2.25 bits per heavy atom. The Kier molecular flexibility index (Phi) is 4.29. The first kappa shape index (κ1) is 14.8. The average Bonchev–Trinajstić information content (AvgIpc) is 3.06. The van der Waals surface area contributed by atoms with Crippen molar-refractivity contribution >= 4 is 15.9 Å². The summed E-state index contributed by atoms with van der Waals surface area (Å²) in [5.74, 6) is -0.121. The molecule has 1 saturated carbocycles. The molecule has 0 bridgehead atoms. The summed E-state index contributed by atoms with van der Waals surface area (Å²) in [4.78, 5) is 0.123. The van der Waals surface area contributed by atoms with E-state index in [1.807, 2.05) is 0 Å². The Morgan fingerprint density at radius 1 is 1.60 bits per heavy atom. The standard InChI is InChI=1S/C11H19N5O3S/c1-15-7-10(6-13-15)20(18,19)16(8-11(12)14-17)9-4-2-3-5-9/h6-7,9,17H,2-5,8H2,1H3,(H2,12,14). The number of hydrogen-bond acceptors (Lipinski definition) is 5. The highest BCUT2D eigenvalue weighted by atomic mass is 32.2. The smallest absolute Gasteiger partial charge is 0.246 e. The van der Waals surface area contributed by atoms with Gasteiger partial charge in [0.05, 0.1) is 12.7 Å². The molecule has 0 spiro atoms. The molecule has 0 atom stereocenters. The Morgan fingerprint density at radius 3 is 2.75 bits per heavy atom. The van der Waals surface area contributed by atoms with Crippen LogP contribution in [-0.4, -0.2) is 46.1 Å². The lowest BCUT2D eigenvalue weighted by molar-refractivity contribution is 0.308. The van der Waals surface area contributed by atoms with E-state index >= 15 is 0 Å². The minimum absolute atomic E-state index is 0.111. The lowest BCUT2D eigenvalue weighted by Crippen LogP contribution is -2.44. The number of amidine groups is 1. The van der Waals surface area contributed by atoms with Gasteiger partial charge in [-0.25, -0.2) is 8.42 Å². The summed E-state index contributed by atoms with van der Waals surface area (Å²) in [6, 6.07) is -0.111. The second-order valence-corrected chi connectivity index (χ2v) is 6.82. The molecule has 1 fully saturated rings. The minimum atomic E-state index is -3.69. The van der Waals surface area contributed by atoms with E-state index in [0.29, 0.717) is 0 Å².